The molecule has 66 valence electrons. The van der Waals surface area contributed by atoms with Gasteiger partial charge in [0.2, 0.25) is 5.75 Å². The van der Waals surface area contributed by atoms with Crippen LogP contribution in [0.2, 0.25) is 0 Å². The Balaban J connectivity index is 2.64. The molecule has 1 aromatic rings. The Kier molecular flexibility index (Phi) is 1.55. The number of rotatable bonds is 1. The fraction of sp³-hybridized carbons (Fsp3) is 0.111. The van der Waals surface area contributed by atoms with Crippen LogP contribution < -0.4 is 0 Å². The predicted octanol–water partition coefficient (Wildman–Crippen LogP) is 1.87. The molecule has 4 nitrogen and oxygen atoms in total. The largest absolute Gasteiger partial charge is 0.502 e. The van der Waals surface area contributed by atoms with Crippen LogP contribution >= 0.6 is 0 Å². The van der Waals surface area contributed by atoms with Crippen molar-refractivity contribution in [1.82, 2.24) is 0 Å². The third kappa shape index (κ3) is 1.07. The van der Waals surface area contributed by atoms with E-state index in [1.54, 1.807) is 12.1 Å². The second-order valence-corrected chi connectivity index (χ2v) is 2.87. The number of aromatic hydroxyl groups is 1. The number of allylic oxidation sites excluding steroid dienone is 1. The van der Waals surface area contributed by atoms with Crippen LogP contribution in [-0.4, -0.2) is 10.0 Å². The zero-order chi connectivity index (χ0) is 9.42. The van der Waals surface area contributed by atoms with E-state index in [0.717, 1.165) is 12.0 Å². The van der Waals surface area contributed by atoms with Crippen LogP contribution in [0, 0.1) is 10.1 Å². The van der Waals surface area contributed by atoms with E-state index in [2.05, 4.69) is 0 Å². The summed E-state index contributed by atoms with van der Waals surface area (Å²) in [5, 5.41) is 19.9. The van der Waals surface area contributed by atoms with Crippen molar-refractivity contribution in [3.8, 4) is 5.75 Å². The first-order chi connectivity index (χ1) is 6.20. The van der Waals surface area contributed by atoms with Crippen molar-refractivity contribution in [3.63, 3.8) is 0 Å². The molecule has 0 saturated carbocycles. The van der Waals surface area contributed by atoms with Crippen molar-refractivity contribution in [2.45, 2.75) is 6.42 Å². The number of nitro groups is 1. The Morgan fingerprint density at radius 3 is 2.92 bits per heavy atom. The number of fused-ring (bicyclic) bond motifs is 1. The Morgan fingerprint density at radius 1 is 1.46 bits per heavy atom. The molecule has 0 amide bonds. The molecule has 0 saturated heterocycles. The molecule has 0 fully saturated rings. The highest BCUT2D eigenvalue weighted by Crippen LogP contribution is 2.35. The Morgan fingerprint density at radius 2 is 2.23 bits per heavy atom. The van der Waals surface area contributed by atoms with E-state index in [1.807, 2.05) is 6.08 Å². The van der Waals surface area contributed by atoms with Gasteiger partial charge in [0, 0.05) is 11.6 Å². The van der Waals surface area contributed by atoms with Gasteiger partial charge in [-0.05, 0) is 12.0 Å². The van der Waals surface area contributed by atoms with Gasteiger partial charge in [0.1, 0.15) is 0 Å². The van der Waals surface area contributed by atoms with E-state index in [-0.39, 0.29) is 11.4 Å². The second-order valence-electron chi connectivity index (χ2n) is 2.87. The summed E-state index contributed by atoms with van der Waals surface area (Å²) >= 11 is 0. The molecule has 1 aliphatic rings. The van der Waals surface area contributed by atoms with Crippen molar-refractivity contribution in [3.05, 3.63) is 39.4 Å². The Bertz CT molecular complexity index is 410. The molecule has 0 aromatic heterocycles. The number of phenolic OH excluding ortho intramolecular Hbond substituents is 1. The molecule has 13 heavy (non-hydrogen) atoms. The summed E-state index contributed by atoms with van der Waals surface area (Å²) in [6, 6.07) is 3.01. The summed E-state index contributed by atoms with van der Waals surface area (Å²) in [5.74, 6) is -0.226. The third-order valence-corrected chi connectivity index (χ3v) is 2.11. The lowest BCUT2D eigenvalue weighted by Gasteiger charge is -2.01. The van der Waals surface area contributed by atoms with E-state index < -0.39 is 4.92 Å². The monoisotopic (exact) mass is 177 g/mol. The summed E-state index contributed by atoms with van der Waals surface area (Å²) in [6.07, 6.45) is 4.31. The molecule has 0 unspecified atom stereocenters. The van der Waals surface area contributed by atoms with Crippen LogP contribution in [0.15, 0.2) is 18.2 Å². The summed E-state index contributed by atoms with van der Waals surface area (Å²) in [7, 11) is 0. The molecular formula is C9H7NO3. The lowest BCUT2D eigenvalue weighted by Crippen LogP contribution is -1.91. The summed E-state index contributed by atoms with van der Waals surface area (Å²) < 4.78 is 0. The van der Waals surface area contributed by atoms with Crippen LogP contribution in [0.25, 0.3) is 6.08 Å². The lowest BCUT2D eigenvalue weighted by molar-refractivity contribution is -0.385. The smallest absolute Gasteiger partial charge is 0.311 e. The highest BCUT2D eigenvalue weighted by molar-refractivity contribution is 5.70. The van der Waals surface area contributed by atoms with Gasteiger partial charge in [-0.15, -0.1) is 0 Å². The maximum atomic E-state index is 10.4. The number of hydrogen-bond donors (Lipinski definition) is 1. The molecule has 1 aliphatic carbocycles. The zero-order valence-electron chi connectivity index (χ0n) is 6.73. The molecule has 2 rings (SSSR count). The first-order valence-electron chi connectivity index (χ1n) is 3.86. The van der Waals surface area contributed by atoms with E-state index in [1.165, 1.54) is 6.07 Å². The van der Waals surface area contributed by atoms with Crippen LogP contribution in [0.1, 0.15) is 11.1 Å². The Labute approximate surface area is 74.3 Å². The zero-order valence-corrected chi connectivity index (χ0v) is 6.73. The molecule has 0 atom stereocenters. The lowest BCUT2D eigenvalue weighted by atomic mass is 10.1. The van der Waals surface area contributed by atoms with Gasteiger partial charge in [-0.3, -0.25) is 10.1 Å². The first kappa shape index (κ1) is 7.79. The number of nitro benzene ring substituents is 1. The fourth-order valence-corrected chi connectivity index (χ4v) is 1.45. The highest BCUT2D eigenvalue weighted by Gasteiger charge is 2.19. The molecule has 0 radical (unpaired) electrons. The van der Waals surface area contributed by atoms with Gasteiger partial charge >= 0.3 is 5.69 Å². The normalized spacial score (nSPS) is 12.9. The molecule has 0 bridgehead atoms. The maximum absolute atomic E-state index is 10.4. The average molecular weight is 177 g/mol. The van der Waals surface area contributed by atoms with Crippen molar-refractivity contribution in [1.29, 1.82) is 0 Å². The highest BCUT2D eigenvalue weighted by atomic mass is 16.6. The van der Waals surface area contributed by atoms with Crippen molar-refractivity contribution in [2.24, 2.45) is 0 Å². The minimum atomic E-state index is -0.582. The molecule has 1 aromatic carbocycles. The average Bonchev–Trinajstić information content (AvgIpc) is 2.52. The van der Waals surface area contributed by atoms with Gasteiger partial charge in [-0.25, -0.2) is 0 Å². The summed E-state index contributed by atoms with van der Waals surface area (Å²) in [4.78, 5) is 9.86. The topological polar surface area (TPSA) is 63.4 Å². The number of hydrogen-bond acceptors (Lipinski definition) is 3. The number of benzene rings is 1. The number of phenols is 1. The van der Waals surface area contributed by atoms with Gasteiger partial charge in [0.05, 0.1) is 4.92 Å². The molecule has 0 aliphatic heterocycles. The molecule has 1 N–H and O–H groups in total. The molecule has 0 spiro atoms. The number of nitrogens with zero attached hydrogens (tertiary/aromatic N) is 1. The predicted molar refractivity (Wildman–Crippen MR) is 47.5 cm³/mol. The molecule has 4 heteroatoms. The molecular weight excluding hydrogens is 170 g/mol. The summed E-state index contributed by atoms with van der Waals surface area (Å²) in [5.41, 5.74) is 1.28. The van der Waals surface area contributed by atoms with Gasteiger partial charge in [-0.1, -0.05) is 18.2 Å². The van der Waals surface area contributed by atoms with Crippen molar-refractivity contribution in [2.75, 3.05) is 0 Å². The van der Waals surface area contributed by atoms with E-state index in [9.17, 15) is 15.2 Å². The second kappa shape index (κ2) is 2.58. The van der Waals surface area contributed by atoms with Crippen LogP contribution in [0.5, 0.6) is 5.75 Å². The SMILES string of the molecule is O=[N+]([O-])c1ccc2c(c1O)C=CC2. The third-order valence-electron chi connectivity index (χ3n) is 2.11. The van der Waals surface area contributed by atoms with Crippen LogP contribution in [-0.2, 0) is 6.42 Å². The minimum Gasteiger partial charge on any atom is -0.502 e. The van der Waals surface area contributed by atoms with Crippen molar-refractivity contribution < 1.29 is 10.0 Å². The van der Waals surface area contributed by atoms with E-state index >= 15 is 0 Å². The van der Waals surface area contributed by atoms with Gasteiger partial charge in [-0.2, -0.15) is 0 Å². The maximum Gasteiger partial charge on any atom is 0.311 e. The van der Waals surface area contributed by atoms with Gasteiger partial charge in [0.15, 0.2) is 0 Å². The van der Waals surface area contributed by atoms with Gasteiger partial charge < -0.3 is 5.11 Å². The van der Waals surface area contributed by atoms with Gasteiger partial charge in [0.25, 0.3) is 0 Å². The fourth-order valence-electron chi connectivity index (χ4n) is 1.45. The minimum absolute atomic E-state index is 0.226. The van der Waals surface area contributed by atoms with E-state index in [0.29, 0.717) is 5.56 Å². The Hall–Kier alpha value is -1.84. The van der Waals surface area contributed by atoms with Crippen molar-refractivity contribution >= 4 is 11.8 Å². The van der Waals surface area contributed by atoms with Crippen LogP contribution in [0.4, 0.5) is 5.69 Å². The molecule has 0 heterocycles. The van der Waals surface area contributed by atoms with Crippen LogP contribution in [0.3, 0.4) is 0 Å². The first-order valence-corrected chi connectivity index (χ1v) is 3.86. The summed E-state index contributed by atoms with van der Waals surface area (Å²) in [6.45, 7) is 0. The quantitative estimate of drug-likeness (QED) is 0.526. The van der Waals surface area contributed by atoms with E-state index in [4.69, 9.17) is 0 Å². The standard InChI is InChI=1S/C9H7NO3/c11-9-7-3-1-2-6(7)4-5-8(9)10(12)13/h1,3-5,11H,2H2.